The summed E-state index contributed by atoms with van der Waals surface area (Å²) in [4.78, 5) is 0. The van der Waals surface area contributed by atoms with E-state index in [1.165, 1.54) is 12.1 Å². The summed E-state index contributed by atoms with van der Waals surface area (Å²) < 4.78 is 18.6. The van der Waals surface area contributed by atoms with Gasteiger partial charge in [0.15, 0.2) is 0 Å². The molecule has 22 heavy (non-hydrogen) atoms. The lowest BCUT2D eigenvalue weighted by Crippen LogP contribution is -1.97. The highest BCUT2D eigenvalue weighted by molar-refractivity contribution is 6.36. The number of hydrogen-bond donors (Lipinski definition) is 1. The van der Waals surface area contributed by atoms with E-state index in [-0.39, 0.29) is 5.82 Å². The standard InChI is InChI=1S/C17H12Cl2FNO/c18-11-1-7-15(16(19)9-11)17-8-6-14(22-17)10-21-13-4-2-12(20)3-5-13/h1-9,21H,10H2. The van der Waals surface area contributed by atoms with Gasteiger partial charge in [0, 0.05) is 16.3 Å². The lowest BCUT2D eigenvalue weighted by atomic mass is 10.2. The first-order valence-electron chi connectivity index (χ1n) is 6.65. The van der Waals surface area contributed by atoms with Crippen LogP contribution in [0.3, 0.4) is 0 Å². The average Bonchev–Trinajstić information content (AvgIpc) is 2.95. The molecule has 0 aliphatic rings. The van der Waals surface area contributed by atoms with Gasteiger partial charge in [-0.3, -0.25) is 0 Å². The number of benzene rings is 2. The molecule has 0 amide bonds. The fourth-order valence-corrected chi connectivity index (χ4v) is 2.57. The van der Waals surface area contributed by atoms with Crippen LogP contribution in [0.25, 0.3) is 11.3 Å². The lowest BCUT2D eigenvalue weighted by Gasteiger charge is -2.04. The molecule has 1 N–H and O–H groups in total. The highest BCUT2D eigenvalue weighted by atomic mass is 35.5. The van der Waals surface area contributed by atoms with Crippen LogP contribution in [0, 0.1) is 5.82 Å². The van der Waals surface area contributed by atoms with Crippen LogP contribution in [-0.4, -0.2) is 0 Å². The molecular weight excluding hydrogens is 324 g/mol. The van der Waals surface area contributed by atoms with Crippen LogP contribution in [0.5, 0.6) is 0 Å². The van der Waals surface area contributed by atoms with Gasteiger partial charge in [-0.25, -0.2) is 4.39 Å². The number of furan rings is 1. The minimum Gasteiger partial charge on any atom is -0.459 e. The van der Waals surface area contributed by atoms with Gasteiger partial charge in [-0.15, -0.1) is 0 Å². The van der Waals surface area contributed by atoms with E-state index >= 15 is 0 Å². The van der Waals surface area contributed by atoms with E-state index in [0.717, 1.165) is 17.0 Å². The Labute approximate surface area is 137 Å². The predicted molar refractivity (Wildman–Crippen MR) is 87.9 cm³/mol. The Morgan fingerprint density at radius 3 is 2.45 bits per heavy atom. The van der Waals surface area contributed by atoms with Crippen LogP contribution >= 0.6 is 23.2 Å². The van der Waals surface area contributed by atoms with Crippen LogP contribution in [-0.2, 0) is 6.54 Å². The molecule has 0 saturated carbocycles. The summed E-state index contributed by atoms with van der Waals surface area (Å²) in [7, 11) is 0. The molecule has 0 unspecified atom stereocenters. The van der Waals surface area contributed by atoms with Crippen molar-refractivity contribution in [3.63, 3.8) is 0 Å². The van der Waals surface area contributed by atoms with Gasteiger partial charge >= 0.3 is 0 Å². The van der Waals surface area contributed by atoms with E-state index in [0.29, 0.717) is 22.4 Å². The summed E-state index contributed by atoms with van der Waals surface area (Å²) in [6, 6.07) is 15.2. The van der Waals surface area contributed by atoms with Crippen molar-refractivity contribution >= 4 is 28.9 Å². The molecule has 0 bridgehead atoms. The smallest absolute Gasteiger partial charge is 0.135 e. The molecule has 112 valence electrons. The Hall–Kier alpha value is -1.97. The van der Waals surface area contributed by atoms with Crippen LogP contribution in [0.1, 0.15) is 5.76 Å². The molecule has 1 heterocycles. The maximum absolute atomic E-state index is 12.8. The second-order valence-corrected chi connectivity index (χ2v) is 5.59. The average molecular weight is 336 g/mol. The third kappa shape index (κ3) is 3.43. The van der Waals surface area contributed by atoms with Crippen LogP contribution in [0.15, 0.2) is 59.0 Å². The Morgan fingerprint density at radius 2 is 1.73 bits per heavy atom. The molecule has 0 spiro atoms. The van der Waals surface area contributed by atoms with Crippen molar-refractivity contribution in [3.05, 3.63) is 76.2 Å². The monoisotopic (exact) mass is 335 g/mol. The van der Waals surface area contributed by atoms with Crippen LogP contribution < -0.4 is 5.32 Å². The number of rotatable bonds is 4. The Balaban J connectivity index is 1.72. The first-order valence-corrected chi connectivity index (χ1v) is 7.41. The fourth-order valence-electron chi connectivity index (χ4n) is 2.06. The number of halogens is 3. The summed E-state index contributed by atoms with van der Waals surface area (Å²) in [5.74, 6) is 1.17. The number of anilines is 1. The lowest BCUT2D eigenvalue weighted by molar-refractivity contribution is 0.531. The predicted octanol–water partition coefficient (Wildman–Crippen LogP) is 6.00. The molecule has 0 aliphatic carbocycles. The second-order valence-electron chi connectivity index (χ2n) is 4.75. The molecular formula is C17H12Cl2FNO. The molecule has 1 aromatic heterocycles. The molecule has 0 fully saturated rings. The van der Waals surface area contributed by atoms with Gasteiger partial charge in [-0.1, -0.05) is 23.2 Å². The van der Waals surface area contributed by atoms with Gasteiger partial charge in [-0.2, -0.15) is 0 Å². The highest BCUT2D eigenvalue weighted by Crippen LogP contribution is 2.31. The maximum atomic E-state index is 12.8. The summed E-state index contributed by atoms with van der Waals surface area (Å²) in [5, 5.41) is 4.29. The molecule has 0 aliphatic heterocycles. The molecule has 3 aromatic rings. The number of nitrogens with one attached hydrogen (secondary N) is 1. The van der Waals surface area contributed by atoms with E-state index in [1.54, 1.807) is 24.3 Å². The molecule has 0 atom stereocenters. The third-order valence-electron chi connectivity index (χ3n) is 3.17. The molecule has 2 aromatic carbocycles. The molecule has 0 radical (unpaired) electrons. The first-order chi connectivity index (χ1) is 10.6. The van der Waals surface area contributed by atoms with Crippen molar-refractivity contribution in [3.8, 4) is 11.3 Å². The van der Waals surface area contributed by atoms with Crippen molar-refractivity contribution in [2.24, 2.45) is 0 Å². The summed E-state index contributed by atoms with van der Waals surface area (Å²) in [6.45, 7) is 0.497. The van der Waals surface area contributed by atoms with Crippen molar-refractivity contribution in [2.45, 2.75) is 6.54 Å². The van der Waals surface area contributed by atoms with E-state index < -0.39 is 0 Å². The van der Waals surface area contributed by atoms with E-state index in [1.807, 2.05) is 18.2 Å². The number of hydrogen-bond acceptors (Lipinski definition) is 2. The van der Waals surface area contributed by atoms with E-state index in [2.05, 4.69) is 5.32 Å². The van der Waals surface area contributed by atoms with Gasteiger partial charge in [-0.05, 0) is 54.6 Å². The zero-order valence-electron chi connectivity index (χ0n) is 11.4. The topological polar surface area (TPSA) is 25.2 Å². The quantitative estimate of drug-likeness (QED) is 0.632. The minimum atomic E-state index is -0.261. The van der Waals surface area contributed by atoms with Gasteiger partial charge in [0.25, 0.3) is 0 Å². The zero-order chi connectivity index (χ0) is 15.5. The minimum absolute atomic E-state index is 0.261. The summed E-state index contributed by atoms with van der Waals surface area (Å²) >= 11 is 12.1. The van der Waals surface area contributed by atoms with Gasteiger partial charge in [0.1, 0.15) is 17.3 Å². The van der Waals surface area contributed by atoms with Crippen molar-refractivity contribution in [1.29, 1.82) is 0 Å². The van der Waals surface area contributed by atoms with Crippen LogP contribution in [0.2, 0.25) is 10.0 Å². The Morgan fingerprint density at radius 1 is 0.955 bits per heavy atom. The maximum Gasteiger partial charge on any atom is 0.135 e. The first kappa shape index (κ1) is 14.9. The molecule has 0 saturated heterocycles. The van der Waals surface area contributed by atoms with Gasteiger partial charge < -0.3 is 9.73 Å². The SMILES string of the molecule is Fc1ccc(NCc2ccc(-c3ccc(Cl)cc3Cl)o2)cc1. The van der Waals surface area contributed by atoms with E-state index in [4.69, 9.17) is 27.6 Å². The summed E-state index contributed by atoms with van der Waals surface area (Å²) in [6.07, 6.45) is 0. The molecule has 2 nitrogen and oxygen atoms in total. The normalized spacial score (nSPS) is 10.7. The summed E-state index contributed by atoms with van der Waals surface area (Å²) in [5.41, 5.74) is 1.61. The third-order valence-corrected chi connectivity index (χ3v) is 3.72. The van der Waals surface area contributed by atoms with Gasteiger partial charge in [0.2, 0.25) is 0 Å². The largest absolute Gasteiger partial charge is 0.459 e. The van der Waals surface area contributed by atoms with E-state index in [9.17, 15) is 4.39 Å². The fraction of sp³-hybridized carbons (Fsp3) is 0.0588. The zero-order valence-corrected chi connectivity index (χ0v) is 13.0. The van der Waals surface area contributed by atoms with Gasteiger partial charge in [0.05, 0.1) is 11.6 Å². The Kier molecular flexibility index (Phi) is 4.36. The highest BCUT2D eigenvalue weighted by Gasteiger charge is 2.09. The second kappa shape index (κ2) is 6.42. The van der Waals surface area contributed by atoms with Crippen molar-refractivity contribution in [2.75, 3.05) is 5.32 Å². The Bertz CT molecular complexity index is 784. The van der Waals surface area contributed by atoms with Crippen molar-refractivity contribution in [1.82, 2.24) is 0 Å². The van der Waals surface area contributed by atoms with Crippen molar-refractivity contribution < 1.29 is 8.81 Å². The molecule has 3 rings (SSSR count). The molecule has 5 heteroatoms. The van der Waals surface area contributed by atoms with Crippen LogP contribution in [0.4, 0.5) is 10.1 Å².